The van der Waals surface area contributed by atoms with Crippen molar-refractivity contribution in [2.24, 2.45) is 0 Å². The van der Waals surface area contributed by atoms with Crippen LogP contribution in [0.3, 0.4) is 0 Å². The minimum Gasteiger partial charge on any atom is -0.355 e. The van der Waals surface area contributed by atoms with Crippen LogP contribution >= 0.6 is 0 Å². The van der Waals surface area contributed by atoms with E-state index in [1.807, 2.05) is 41.8 Å². The number of halogens is 1. The summed E-state index contributed by atoms with van der Waals surface area (Å²) in [5.74, 6) is 0.0965. The summed E-state index contributed by atoms with van der Waals surface area (Å²) >= 11 is 0. The molecule has 0 radical (unpaired) electrons. The van der Waals surface area contributed by atoms with Gasteiger partial charge in [-0.05, 0) is 36.8 Å². The molecule has 2 heterocycles. The molecule has 6 heteroatoms. The van der Waals surface area contributed by atoms with Gasteiger partial charge in [0, 0.05) is 12.7 Å². The van der Waals surface area contributed by atoms with Gasteiger partial charge in [0.2, 0.25) is 5.95 Å². The molecule has 1 amide bonds. The number of amides is 1. The van der Waals surface area contributed by atoms with Crippen LogP contribution in [0.1, 0.15) is 18.5 Å². The second-order valence-corrected chi connectivity index (χ2v) is 5.99. The lowest BCUT2D eigenvalue weighted by Crippen LogP contribution is -2.33. The Morgan fingerprint density at radius 3 is 2.80 bits per heavy atom. The minimum absolute atomic E-state index is 0.206. The first-order valence-electron chi connectivity index (χ1n) is 8.02. The van der Waals surface area contributed by atoms with Crippen molar-refractivity contribution in [3.63, 3.8) is 0 Å². The van der Waals surface area contributed by atoms with Gasteiger partial charge in [0.25, 0.3) is 5.91 Å². The van der Waals surface area contributed by atoms with E-state index in [0.29, 0.717) is 22.8 Å². The Labute approximate surface area is 144 Å². The molecule has 0 bridgehead atoms. The Morgan fingerprint density at radius 2 is 2.04 bits per heavy atom. The van der Waals surface area contributed by atoms with E-state index in [0.717, 1.165) is 11.0 Å². The molecule has 0 fully saturated rings. The number of hydrogen-bond donors (Lipinski definition) is 2. The Balaban J connectivity index is 2.03. The van der Waals surface area contributed by atoms with Gasteiger partial charge in [0.1, 0.15) is 5.82 Å². The lowest BCUT2D eigenvalue weighted by Gasteiger charge is -2.30. The third kappa shape index (κ3) is 2.38. The molecule has 4 rings (SSSR count). The van der Waals surface area contributed by atoms with Crippen LogP contribution in [-0.2, 0) is 4.79 Å². The number of allylic oxidation sites excluding steroid dienone is 1. The highest BCUT2D eigenvalue weighted by molar-refractivity contribution is 5.97. The molecule has 1 aromatic heterocycles. The van der Waals surface area contributed by atoms with Crippen LogP contribution in [0.5, 0.6) is 0 Å². The molecule has 2 aromatic carbocycles. The third-order valence-electron chi connectivity index (χ3n) is 4.47. The maximum atomic E-state index is 13.9. The fraction of sp³-hybridized carbons (Fsp3) is 0.158. The van der Waals surface area contributed by atoms with Crippen molar-refractivity contribution >= 4 is 22.9 Å². The van der Waals surface area contributed by atoms with E-state index < -0.39 is 6.04 Å². The van der Waals surface area contributed by atoms with E-state index in [1.165, 1.54) is 12.1 Å². The molecule has 0 unspecified atom stereocenters. The molecule has 0 saturated heterocycles. The van der Waals surface area contributed by atoms with Crippen molar-refractivity contribution in [2.75, 3.05) is 12.4 Å². The van der Waals surface area contributed by atoms with Gasteiger partial charge in [0.15, 0.2) is 0 Å². The average molecular weight is 336 g/mol. The first-order valence-corrected chi connectivity index (χ1v) is 8.02. The molecule has 1 aliphatic heterocycles. The van der Waals surface area contributed by atoms with Crippen LogP contribution in [-0.4, -0.2) is 22.5 Å². The summed E-state index contributed by atoms with van der Waals surface area (Å²) in [6.45, 7) is 1.83. The van der Waals surface area contributed by atoms with E-state index in [1.54, 1.807) is 13.1 Å². The number of fused-ring (bicyclic) bond motifs is 3. The summed E-state index contributed by atoms with van der Waals surface area (Å²) < 4.78 is 15.8. The zero-order chi connectivity index (χ0) is 17.6. The second-order valence-electron chi connectivity index (χ2n) is 5.99. The number of aromatic nitrogens is 2. The predicted molar refractivity (Wildman–Crippen MR) is 94.7 cm³/mol. The third-order valence-corrected chi connectivity index (χ3v) is 4.47. The zero-order valence-electron chi connectivity index (χ0n) is 13.9. The standard InChI is InChI=1S/C19H17FN4O/c1-11-16(18(25)21-2)17(12-6-5-7-13(20)10-12)24-15-9-4-3-8-14(15)23-19(24)22-11/h3-10,17H,1-2H3,(H,21,25)(H,22,23)/t17-/m0/s1. The number of rotatable bonds is 2. The summed E-state index contributed by atoms with van der Waals surface area (Å²) in [5.41, 5.74) is 3.65. The van der Waals surface area contributed by atoms with Gasteiger partial charge >= 0.3 is 0 Å². The Kier molecular flexibility index (Phi) is 3.53. The molecular formula is C19H17FN4O. The maximum absolute atomic E-state index is 13.9. The highest BCUT2D eigenvalue weighted by Crippen LogP contribution is 2.39. The van der Waals surface area contributed by atoms with Crippen LogP contribution in [0, 0.1) is 5.82 Å². The Hall–Kier alpha value is -3.15. The first-order chi connectivity index (χ1) is 12.1. The van der Waals surface area contributed by atoms with Crippen molar-refractivity contribution in [1.29, 1.82) is 0 Å². The van der Waals surface area contributed by atoms with Gasteiger partial charge in [-0.1, -0.05) is 24.3 Å². The molecular weight excluding hydrogens is 319 g/mol. The highest BCUT2D eigenvalue weighted by atomic mass is 19.1. The smallest absolute Gasteiger partial charge is 0.251 e. The maximum Gasteiger partial charge on any atom is 0.251 e. The van der Waals surface area contributed by atoms with Crippen molar-refractivity contribution in [1.82, 2.24) is 14.9 Å². The summed E-state index contributed by atoms with van der Waals surface area (Å²) in [4.78, 5) is 17.2. The number of benzene rings is 2. The van der Waals surface area contributed by atoms with E-state index in [4.69, 9.17) is 0 Å². The van der Waals surface area contributed by atoms with Crippen LogP contribution in [0.2, 0.25) is 0 Å². The minimum atomic E-state index is -0.459. The molecule has 3 aromatic rings. The highest BCUT2D eigenvalue weighted by Gasteiger charge is 2.33. The van der Waals surface area contributed by atoms with Gasteiger partial charge in [-0.15, -0.1) is 0 Å². The summed E-state index contributed by atoms with van der Waals surface area (Å²) in [7, 11) is 1.59. The first kappa shape index (κ1) is 15.4. The molecule has 0 spiro atoms. The Morgan fingerprint density at radius 1 is 1.24 bits per heavy atom. The summed E-state index contributed by atoms with van der Waals surface area (Å²) in [5, 5.41) is 5.89. The number of likely N-dealkylation sites (N-methyl/N-ethyl adjacent to an activating group) is 1. The Bertz CT molecular complexity index is 1020. The van der Waals surface area contributed by atoms with Gasteiger partial charge < -0.3 is 10.6 Å². The van der Waals surface area contributed by atoms with E-state index in [-0.39, 0.29) is 11.7 Å². The van der Waals surface area contributed by atoms with Crippen LogP contribution in [0.15, 0.2) is 59.8 Å². The van der Waals surface area contributed by atoms with Crippen molar-refractivity contribution < 1.29 is 9.18 Å². The summed E-state index contributed by atoms with van der Waals surface area (Å²) in [6.07, 6.45) is 0. The molecule has 1 aliphatic rings. The monoisotopic (exact) mass is 336 g/mol. The molecule has 1 atom stereocenters. The van der Waals surface area contributed by atoms with E-state index in [9.17, 15) is 9.18 Å². The number of hydrogen-bond acceptors (Lipinski definition) is 3. The predicted octanol–water partition coefficient (Wildman–Crippen LogP) is 3.21. The molecule has 5 nitrogen and oxygen atoms in total. The average Bonchev–Trinajstić information content (AvgIpc) is 2.97. The van der Waals surface area contributed by atoms with E-state index >= 15 is 0 Å². The number of carbonyl (C=O) groups is 1. The zero-order valence-corrected chi connectivity index (χ0v) is 13.9. The SMILES string of the molecule is CNC(=O)C1=C(C)Nc2nc3ccccc3n2[C@H]1c1cccc(F)c1. The normalized spacial score (nSPS) is 16.5. The van der Waals surface area contributed by atoms with Crippen molar-refractivity contribution in [3.05, 3.63) is 71.2 Å². The van der Waals surface area contributed by atoms with Crippen LogP contribution in [0.4, 0.5) is 10.3 Å². The fourth-order valence-electron chi connectivity index (χ4n) is 3.38. The number of para-hydroxylation sites is 2. The number of nitrogens with one attached hydrogen (secondary N) is 2. The van der Waals surface area contributed by atoms with Gasteiger partial charge in [-0.25, -0.2) is 9.37 Å². The molecule has 126 valence electrons. The largest absolute Gasteiger partial charge is 0.355 e. The lowest BCUT2D eigenvalue weighted by atomic mass is 9.94. The van der Waals surface area contributed by atoms with Crippen molar-refractivity contribution in [3.8, 4) is 0 Å². The van der Waals surface area contributed by atoms with Crippen LogP contribution < -0.4 is 10.6 Å². The van der Waals surface area contributed by atoms with E-state index in [2.05, 4.69) is 15.6 Å². The topological polar surface area (TPSA) is 59.0 Å². The molecule has 0 aliphatic carbocycles. The molecule has 2 N–H and O–H groups in total. The molecule has 25 heavy (non-hydrogen) atoms. The number of anilines is 1. The van der Waals surface area contributed by atoms with Crippen LogP contribution in [0.25, 0.3) is 11.0 Å². The fourth-order valence-corrected chi connectivity index (χ4v) is 3.38. The quantitative estimate of drug-likeness (QED) is 0.755. The van der Waals surface area contributed by atoms with Crippen molar-refractivity contribution in [2.45, 2.75) is 13.0 Å². The second kappa shape index (κ2) is 5.73. The summed E-state index contributed by atoms with van der Waals surface area (Å²) in [6, 6.07) is 13.6. The number of imidazole rings is 1. The number of nitrogens with zero attached hydrogens (tertiary/aromatic N) is 2. The number of carbonyl (C=O) groups excluding carboxylic acids is 1. The molecule has 0 saturated carbocycles. The van der Waals surface area contributed by atoms with Gasteiger partial charge in [-0.3, -0.25) is 9.36 Å². The van der Waals surface area contributed by atoms with Gasteiger partial charge in [0.05, 0.1) is 22.6 Å². The van der Waals surface area contributed by atoms with Gasteiger partial charge in [-0.2, -0.15) is 0 Å². The lowest BCUT2D eigenvalue weighted by molar-refractivity contribution is -0.117.